The predicted octanol–water partition coefficient (Wildman–Crippen LogP) is 2.74. The molecule has 0 saturated heterocycles. The zero-order valence-corrected chi connectivity index (χ0v) is 14.3. The molecule has 8 heteroatoms. The molecule has 1 heterocycles. The van der Waals surface area contributed by atoms with Gasteiger partial charge in [0.1, 0.15) is 23.6 Å². The summed E-state index contributed by atoms with van der Waals surface area (Å²) in [6.45, 7) is 0.211. The van der Waals surface area contributed by atoms with Crippen molar-refractivity contribution < 1.29 is 18.7 Å². The van der Waals surface area contributed by atoms with E-state index in [0.717, 1.165) is 0 Å². The first-order valence-corrected chi connectivity index (χ1v) is 7.76. The van der Waals surface area contributed by atoms with Crippen LogP contribution in [0.25, 0.3) is 0 Å². The van der Waals surface area contributed by atoms with Gasteiger partial charge < -0.3 is 9.47 Å². The van der Waals surface area contributed by atoms with Gasteiger partial charge in [-0.15, -0.1) is 5.10 Å². The lowest BCUT2D eigenvalue weighted by atomic mass is 10.2. The molecule has 0 spiro atoms. The molecule has 1 N–H and O–H groups in total. The first-order chi connectivity index (χ1) is 12.6. The predicted molar refractivity (Wildman–Crippen MR) is 93.0 cm³/mol. The SMILES string of the molecule is COc1cc(OC)cc(C(=O)Nc2ncn(Cc3ccccc3F)n2)c1. The average Bonchev–Trinajstić information content (AvgIpc) is 3.10. The molecule has 0 aliphatic rings. The normalized spacial score (nSPS) is 10.4. The van der Waals surface area contributed by atoms with E-state index in [1.54, 1.807) is 36.4 Å². The molecule has 0 radical (unpaired) electrons. The van der Waals surface area contributed by atoms with Crippen molar-refractivity contribution in [3.8, 4) is 11.5 Å². The number of nitrogens with zero attached hydrogens (tertiary/aromatic N) is 3. The summed E-state index contributed by atoms with van der Waals surface area (Å²) in [5.74, 6) is 0.371. The minimum absolute atomic E-state index is 0.119. The van der Waals surface area contributed by atoms with Crippen LogP contribution < -0.4 is 14.8 Å². The topological polar surface area (TPSA) is 78.3 Å². The number of hydrogen-bond donors (Lipinski definition) is 1. The van der Waals surface area contributed by atoms with Crippen LogP contribution in [0, 0.1) is 5.82 Å². The lowest BCUT2D eigenvalue weighted by Gasteiger charge is -2.07. The molecule has 0 bridgehead atoms. The Morgan fingerprint density at radius 3 is 2.50 bits per heavy atom. The average molecular weight is 356 g/mol. The van der Waals surface area contributed by atoms with Crippen molar-refractivity contribution in [3.63, 3.8) is 0 Å². The molecule has 0 atom stereocenters. The van der Waals surface area contributed by atoms with Crippen molar-refractivity contribution in [1.29, 1.82) is 0 Å². The van der Waals surface area contributed by atoms with Gasteiger partial charge in [-0.3, -0.25) is 10.1 Å². The molecule has 134 valence electrons. The highest BCUT2D eigenvalue weighted by molar-refractivity contribution is 6.03. The van der Waals surface area contributed by atoms with E-state index in [2.05, 4.69) is 15.4 Å². The Morgan fingerprint density at radius 2 is 1.85 bits per heavy atom. The molecule has 0 saturated carbocycles. The summed E-state index contributed by atoms with van der Waals surface area (Å²) in [5.41, 5.74) is 0.819. The number of hydrogen-bond acceptors (Lipinski definition) is 5. The number of rotatable bonds is 6. The van der Waals surface area contributed by atoms with Crippen molar-refractivity contribution in [2.75, 3.05) is 19.5 Å². The maximum atomic E-state index is 13.7. The van der Waals surface area contributed by atoms with Crippen molar-refractivity contribution in [3.05, 3.63) is 65.7 Å². The van der Waals surface area contributed by atoms with Crippen LogP contribution in [0.5, 0.6) is 11.5 Å². The fraction of sp³-hybridized carbons (Fsp3) is 0.167. The lowest BCUT2D eigenvalue weighted by molar-refractivity contribution is 0.102. The molecule has 1 amide bonds. The van der Waals surface area contributed by atoms with Gasteiger partial charge in [-0.25, -0.2) is 14.1 Å². The zero-order valence-electron chi connectivity index (χ0n) is 14.3. The fourth-order valence-electron chi connectivity index (χ4n) is 2.34. The van der Waals surface area contributed by atoms with Gasteiger partial charge in [0.15, 0.2) is 0 Å². The van der Waals surface area contributed by atoms with E-state index in [9.17, 15) is 9.18 Å². The molecule has 7 nitrogen and oxygen atoms in total. The molecule has 26 heavy (non-hydrogen) atoms. The van der Waals surface area contributed by atoms with Crippen LogP contribution in [0.3, 0.4) is 0 Å². The van der Waals surface area contributed by atoms with Gasteiger partial charge in [0, 0.05) is 17.2 Å². The fourth-order valence-corrected chi connectivity index (χ4v) is 2.34. The Morgan fingerprint density at radius 1 is 1.15 bits per heavy atom. The number of anilines is 1. The van der Waals surface area contributed by atoms with Crippen LogP contribution in [0.15, 0.2) is 48.8 Å². The van der Waals surface area contributed by atoms with Gasteiger partial charge in [-0.2, -0.15) is 0 Å². The third-order valence-electron chi connectivity index (χ3n) is 3.67. The number of amides is 1. The summed E-state index contributed by atoms with van der Waals surface area (Å²) in [6.07, 6.45) is 1.42. The Balaban J connectivity index is 1.73. The number of methoxy groups -OCH3 is 2. The van der Waals surface area contributed by atoms with E-state index >= 15 is 0 Å². The Kier molecular flexibility index (Phi) is 5.12. The molecule has 3 aromatic rings. The number of halogens is 1. The highest BCUT2D eigenvalue weighted by atomic mass is 19.1. The molecular weight excluding hydrogens is 339 g/mol. The molecule has 0 fully saturated rings. The third kappa shape index (κ3) is 3.97. The molecule has 0 aliphatic heterocycles. The largest absolute Gasteiger partial charge is 0.497 e. The molecule has 0 unspecified atom stereocenters. The van der Waals surface area contributed by atoms with Crippen molar-refractivity contribution in [2.24, 2.45) is 0 Å². The van der Waals surface area contributed by atoms with E-state index < -0.39 is 5.91 Å². The number of nitrogens with one attached hydrogen (secondary N) is 1. The summed E-state index contributed by atoms with van der Waals surface area (Å²) in [5, 5.41) is 6.74. The summed E-state index contributed by atoms with van der Waals surface area (Å²) >= 11 is 0. The molecule has 1 aromatic heterocycles. The smallest absolute Gasteiger partial charge is 0.258 e. The minimum atomic E-state index is -0.411. The molecule has 3 rings (SSSR count). The zero-order chi connectivity index (χ0) is 18.5. The lowest BCUT2D eigenvalue weighted by Crippen LogP contribution is -2.14. The summed E-state index contributed by atoms with van der Waals surface area (Å²) in [4.78, 5) is 16.4. The van der Waals surface area contributed by atoms with E-state index in [-0.39, 0.29) is 18.3 Å². The molecule has 0 aliphatic carbocycles. The first-order valence-electron chi connectivity index (χ1n) is 7.76. The third-order valence-corrected chi connectivity index (χ3v) is 3.67. The number of aromatic nitrogens is 3. The van der Waals surface area contributed by atoms with Crippen molar-refractivity contribution in [2.45, 2.75) is 6.54 Å². The van der Waals surface area contributed by atoms with Crippen LogP contribution in [-0.2, 0) is 6.54 Å². The van der Waals surface area contributed by atoms with Gasteiger partial charge in [-0.05, 0) is 18.2 Å². The Labute approximate surface area is 149 Å². The highest BCUT2D eigenvalue weighted by Gasteiger charge is 2.13. The van der Waals surface area contributed by atoms with Crippen LogP contribution >= 0.6 is 0 Å². The first kappa shape index (κ1) is 17.4. The van der Waals surface area contributed by atoms with E-state index in [0.29, 0.717) is 22.6 Å². The van der Waals surface area contributed by atoms with Crippen LogP contribution in [-0.4, -0.2) is 34.9 Å². The van der Waals surface area contributed by atoms with Gasteiger partial charge in [0.2, 0.25) is 5.95 Å². The minimum Gasteiger partial charge on any atom is -0.497 e. The second kappa shape index (κ2) is 7.64. The molecular formula is C18H17FN4O3. The van der Waals surface area contributed by atoms with Gasteiger partial charge in [-0.1, -0.05) is 18.2 Å². The summed E-state index contributed by atoms with van der Waals surface area (Å²) in [6, 6.07) is 11.2. The summed E-state index contributed by atoms with van der Waals surface area (Å²) < 4.78 is 25.4. The van der Waals surface area contributed by atoms with Gasteiger partial charge >= 0.3 is 0 Å². The van der Waals surface area contributed by atoms with E-state index in [4.69, 9.17) is 9.47 Å². The summed E-state index contributed by atoms with van der Waals surface area (Å²) in [7, 11) is 3.00. The van der Waals surface area contributed by atoms with Crippen LogP contribution in [0.1, 0.15) is 15.9 Å². The van der Waals surface area contributed by atoms with Crippen molar-refractivity contribution in [1.82, 2.24) is 14.8 Å². The second-order valence-electron chi connectivity index (χ2n) is 5.41. The van der Waals surface area contributed by atoms with E-state index in [1.165, 1.54) is 31.3 Å². The molecule has 2 aromatic carbocycles. The number of carbonyl (C=O) groups is 1. The van der Waals surface area contributed by atoms with Crippen LogP contribution in [0.2, 0.25) is 0 Å². The maximum absolute atomic E-state index is 13.7. The Bertz CT molecular complexity index is 904. The quantitative estimate of drug-likeness (QED) is 0.735. The standard InChI is InChI=1S/C18H17FN4O3/c1-25-14-7-13(8-15(9-14)26-2)17(24)21-18-20-11-23(22-18)10-12-5-3-4-6-16(12)19/h3-9,11H,10H2,1-2H3,(H,21,22,24). The Hall–Kier alpha value is -3.42. The van der Waals surface area contributed by atoms with Crippen molar-refractivity contribution >= 4 is 11.9 Å². The van der Waals surface area contributed by atoms with E-state index in [1.807, 2.05) is 0 Å². The number of benzene rings is 2. The number of ether oxygens (including phenoxy) is 2. The maximum Gasteiger partial charge on any atom is 0.258 e. The van der Waals surface area contributed by atoms with Gasteiger partial charge in [0.05, 0.1) is 20.8 Å². The van der Waals surface area contributed by atoms with Gasteiger partial charge in [0.25, 0.3) is 5.91 Å². The van der Waals surface area contributed by atoms with Crippen LogP contribution in [0.4, 0.5) is 10.3 Å². The number of carbonyl (C=O) groups excluding carboxylic acids is 1. The second-order valence-corrected chi connectivity index (χ2v) is 5.41. The monoisotopic (exact) mass is 356 g/mol. The highest BCUT2D eigenvalue weighted by Crippen LogP contribution is 2.23.